The van der Waals surface area contributed by atoms with Crippen molar-refractivity contribution in [3.8, 4) is 0 Å². The summed E-state index contributed by atoms with van der Waals surface area (Å²) in [6.07, 6.45) is -5.74. The molecule has 0 aromatic carbocycles. The predicted molar refractivity (Wildman–Crippen MR) is 98.7 cm³/mol. The van der Waals surface area contributed by atoms with E-state index in [1.807, 2.05) is 0 Å². The molecule has 0 bridgehead atoms. The zero-order valence-corrected chi connectivity index (χ0v) is 16.2. The molecule has 1 aromatic heterocycles. The molecule has 1 aliphatic rings. The van der Waals surface area contributed by atoms with Crippen molar-refractivity contribution < 1.29 is 40.2 Å². The number of nitrogens with zero attached hydrogens (tertiary/aromatic N) is 2. The van der Waals surface area contributed by atoms with Crippen molar-refractivity contribution in [2.24, 2.45) is 0 Å². The van der Waals surface area contributed by atoms with Crippen LogP contribution >= 0.6 is 22.6 Å². The van der Waals surface area contributed by atoms with Crippen LogP contribution in [-0.4, -0.2) is 87.7 Å². The largest absolute Gasteiger partial charge is 0.394 e. The number of anilines is 1. The number of halogens is 1. The van der Waals surface area contributed by atoms with E-state index in [1.54, 1.807) is 0 Å². The molecule has 0 aliphatic carbocycles. The monoisotopic (exact) mass is 503 g/mol. The third-order valence-electron chi connectivity index (χ3n) is 3.64. The summed E-state index contributed by atoms with van der Waals surface area (Å²) in [5.74, 6) is 0.0537. The van der Waals surface area contributed by atoms with Gasteiger partial charge in [0.05, 0.1) is 19.3 Å². The Morgan fingerprint density at radius 3 is 2.37 bits per heavy atom. The lowest BCUT2D eigenvalue weighted by atomic mass is 10.1. The second-order valence-corrected chi connectivity index (χ2v) is 6.85. The molecule has 0 radical (unpaired) electrons. The highest BCUT2D eigenvalue weighted by Gasteiger charge is 2.43. The van der Waals surface area contributed by atoms with Gasteiger partial charge in [-0.25, -0.2) is 4.79 Å². The van der Waals surface area contributed by atoms with E-state index < -0.39 is 55.7 Å². The van der Waals surface area contributed by atoms with Crippen molar-refractivity contribution in [2.45, 2.75) is 43.2 Å². The van der Waals surface area contributed by atoms with Gasteiger partial charge in [-0.2, -0.15) is 4.98 Å². The zero-order chi connectivity index (χ0) is 20.7. The summed E-state index contributed by atoms with van der Waals surface area (Å²) in [7, 11) is 0. The van der Waals surface area contributed by atoms with Gasteiger partial charge in [-0.1, -0.05) is 0 Å². The molecule has 2 unspecified atom stereocenters. The minimum absolute atomic E-state index is 0.0537. The van der Waals surface area contributed by atoms with Crippen LogP contribution in [-0.2, 0) is 9.53 Å². The molecule has 154 valence electrons. The molecule has 0 amide bonds. The maximum Gasteiger partial charge on any atom is 0.351 e. The highest BCUT2D eigenvalue weighted by Crippen LogP contribution is 2.27. The fourth-order valence-corrected chi connectivity index (χ4v) is 2.60. The number of carbonyl (C=O) groups excluding carboxylic acids is 1. The molecular weight excluding hydrogens is 481 g/mol. The number of aliphatic hydroxyl groups excluding tert-OH is 6. The van der Waals surface area contributed by atoms with Gasteiger partial charge < -0.3 is 41.1 Å². The number of nitrogen functional groups attached to an aromatic ring is 1. The maximum atomic E-state index is 11.5. The van der Waals surface area contributed by atoms with Crippen LogP contribution in [0.15, 0.2) is 17.1 Å². The van der Waals surface area contributed by atoms with Gasteiger partial charge in [0.1, 0.15) is 30.2 Å². The van der Waals surface area contributed by atoms with Crippen LogP contribution in [0, 0.1) is 0 Å². The summed E-state index contributed by atoms with van der Waals surface area (Å²) in [4.78, 5) is 25.3. The smallest absolute Gasteiger partial charge is 0.351 e. The average molecular weight is 503 g/mol. The Labute approximate surface area is 167 Å². The molecule has 6 atom stereocenters. The van der Waals surface area contributed by atoms with Crippen LogP contribution < -0.4 is 11.4 Å². The number of carbonyl (C=O) groups is 1. The highest BCUT2D eigenvalue weighted by atomic mass is 127. The lowest BCUT2D eigenvalue weighted by Gasteiger charge is -2.16. The summed E-state index contributed by atoms with van der Waals surface area (Å²) >= 11 is 1.52. The third-order valence-corrected chi connectivity index (χ3v) is 4.08. The van der Waals surface area contributed by atoms with E-state index in [2.05, 4.69) is 4.98 Å². The minimum atomic E-state index is -1.31. The molecule has 2 rings (SSSR count). The minimum Gasteiger partial charge on any atom is -0.394 e. The van der Waals surface area contributed by atoms with E-state index in [-0.39, 0.29) is 16.0 Å². The van der Waals surface area contributed by atoms with Gasteiger partial charge in [0.15, 0.2) is 10.0 Å². The second-order valence-electron chi connectivity index (χ2n) is 5.65. The number of hydrogen-bond donors (Lipinski definition) is 7. The van der Waals surface area contributed by atoms with E-state index in [0.29, 0.717) is 0 Å². The van der Waals surface area contributed by atoms with Crippen LogP contribution in [0.25, 0.3) is 0 Å². The molecule has 8 N–H and O–H groups in total. The second kappa shape index (κ2) is 11.0. The van der Waals surface area contributed by atoms with E-state index in [9.17, 15) is 19.8 Å². The highest BCUT2D eigenvalue weighted by molar-refractivity contribution is 14.1. The van der Waals surface area contributed by atoms with Gasteiger partial charge in [-0.05, 0) is 28.7 Å². The molecule has 27 heavy (non-hydrogen) atoms. The number of hydrogen-bond acceptors (Lipinski definition) is 11. The number of ether oxygens (including phenoxy) is 1. The van der Waals surface area contributed by atoms with Crippen molar-refractivity contribution in [1.82, 2.24) is 9.55 Å². The maximum absolute atomic E-state index is 11.5. The van der Waals surface area contributed by atoms with E-state index in [0.717, 1.165) is 4.57 Å². The van der Waals surface area contributed by atoms with Gasteiger partial charge >= 0.3 is 5.69 Å². The van der Waals surface area contributed by atoms with E-state index in [1.165, 1.54) is 34.9 Å². The lowest BCUT2D eigenvalue weighted by Crippen LogP contribution is -2.36. The molecule has 12 nitrogen and oxygen atoms in total. The number of nitrogens with two attached hydrogens (primary N) is 1. The fourth-order valence-electron chi connectivity index (χ4n) is 2.15. The first-order valence-electron chi connectivity index (χ1n) is 7.74. The first-order chi connectivity index (χ1) is 12.6. The van der Waals surface area contributed by atoms with E-state index in [4.69, 9.17) is 30.9 Å². The molecule has 1 saturated heterocycles. The summed E-state index contributed by atoms with van der Waals surface area (Å²) in [5, 5.41) is 54.0. The van der Waals surface area contributed by atoms with Crippen LogP contribution in [0.2, 0.25) is 0 Å². The molecule has 0 spiro atoms. The Kier molecular flexibility index (Phi) is 9.68. The van der Waals surface area contributed by atoms with Crippen molar-refractivity contribution >= 4 is 32.2 Å². The zero-order valence-electron chi connectivity index (χ0n) is 14.0. The third kappa shape index (κ3) is 6.72. The fraction of sp³-hybridized carbons (Fsp3) is 0.643. The Hall–Kier alpha value is -1.20. The quantitative estimate of drug-likeness (QED) is 0.150. The molecule has 1 fully saturated rings. The number of aromatic nitrogens is 2. The van der Waals surface area contributed by atoms with E-state index >= 15 is 0 Å². The first kappa shape index (κ1) is 23.8. The van der Waals surface area contributed by atoms with Gasteiger partial charge in [-0.3, -0.25) is 9.36 Å². The van der Waals surface area contributed by atoms with Crippen LogP contribution in [0.4, 0.5) is 5.82 Å². The SMILES string of the molecule is Nc1ccn([C@@H]2O[C@H](CO)[C@@H](O)[C@H]2O)c(=O)n1.O=C(I)CC(O)C(O)CO. The Balaban J connectivity index is 0.000000314. The topological polar surface area (TPSA) is 209 Å². The average Bonchev–Trinajstić information content (AvgIpc) is 2.89. The summed E-state index contributed by atoms with van der Waals surface area (Å²) in [6.45, 7) is -0.975. The lowest BCUT2D eigenvalue weighted by molar-refractivity contribution is -0.113. The van der Waals surface area contributed by atoms with Gasteiger partial charge in [0, 0.05) is 12.6 Å². The number of rotatable bonds is 6. The normalized spacial score (nSPS) is 26.8. The molecule has 1 aromatic rings. The number of aliphatic hydroxyl groups is 6. The van der Waals surface area contributed by atoms with Crippen molar-refractivity contribution in [3.05, 3.63) is 22.7 Å². The van der Waals surface area contributed by atoms with Crippen LogP contribution in [0.5, 0.6) is 0 Å². The first-order valence-corrected chi connectivity index (χ1v) is 8.82. The molecule has 0 saturated carbocycles. The molecule has 13 heteroatoms. The van der Waals surface area contributed by atoms with Crippen LogP contribution in [0.1, 0.15) is 12.6 Å². The Bertz CT molecular complexity index is 673. The molecule has 2 heterocycles. The van der Waals surface area contributed by atoms with Gasteiger partial charge in [0.2, 0.25) is 0 Å². The standard InChI is InChI=1S/C9H13N3O5.C5H9IO4/c10-5-1-2-12(9(16)11-5)8-7(15)6(14)4(3-13)17-8;6-5(10)1-3(8)4(9)2-7/h1-2,4,6-8,13-15H,3H2,(H2,10,11,16);3-4,7-9H,1-2H2/t4-,6-,7-,8-;/m1./s1. The summed E-state index contributed by atoms with van der Waals surface area (Å²) < 4.78 is 5.95. The van der Waals surface area contributed by atoms with Gasteiger partial charge in [0.25, 0.3) is 0 Å². The molecular formula is C14H22IN3O9. The van der Waals surface area contributed by atoms with Crippen molar-refractivity contribution in [1.29, 1.82) is 0 Å². The van der Waals surface area contributed by atoms with Crippen molar-refractivity contribution in [3.63, 3.8) is 0 Å². The van der Waals surface area contributed by atoms with Crippen LogP contribution in [0.3, 0.4) is 0 Å². The Morgan fingerprint density at radius 2 is 1.93 bits per heavy atom. The summed E-state index contributed by atoms with van der Waals surface area (Å²) in [6, 6.07) is 1.37. The summed E-state index contributed by atoms with van der Waals surface area (Å²) in [5.41, 5.74) is 4.63. The van der Waals surface area contributed by atoms with Gasteiger partial charge in [-0.15, -0.1) is 0 Å². The van der Waals surface area contributed by atoms with Crippen molar-refractivity contribution in [2.75, 3.05) is 18.9 Å². The predicted octanol–water partition coefficient (Wildman–Crippen LogP) is -3.51. The Morgan fingerprint density at radius 1 is 1.30 bits per heavy atom. The molecule has 1 aliphatic heterocycles.